The zero-order valence-electron chi connectivity index (χ0n) is 32.5. The Bertz CT molecular complexity index is 1790. The second kappa shape index (κ2) is 21.0. The molecule has 20 heteroatoms. The fraction of sp³-hybridized carbons (Fsp3) is 0.528. The molecular formula is C36H45NO19. The monoisotopic (exact) mass is 795 g/mol. The molecule has 2 aromatic rings. The van der Waals surface area contributed by atoms with Crippen molar-refractivity contribution in [1.82, 2.24) is 5.32 Å². The Labute approximate surface area is 320 Å². The molecule has 0 aliphatic carbocycles. The van der Waals surface area contributed by atoms with Crippen molar-refractivity contribution in [3.63, 3.8) is 0 Å². The minimum Gasteiger partial charge on any atom is -0.462 e. The van der Waals surface area contributed by atoms with Gasteiger partial charge in [0.2, 0.25) is 0 Å². The van der Waals surface area contributed by atoms with Crippen LogP contribution in [0.3, 0.4) is 0 Å². The van der Waals surface area contributed by atoms with Crippen molar-refractivity contribution in [1.29, 1.82) is 0 Å². The summed E-state index contributed by atoms with van der Waals surface area (Å²) >= 11 is 0. The van der Waals surface area contributed by atoms with E-state index < -0.39 is 103 Å². The minimum atomic E-state index is -1.67. The number of carbonyl (C=O) groups excluding carboxylic acids is 9. The lowest BCUT2D eigenvalue weighted by Gasteiger charge is -2.31. The molecule has 2 heterocycles. The Balaban J connectivity index is 2.59. The van der Waals surface area contributed by atoms with Gasteiger partial charge in [0.1, 0.15) is 35.2 Å². The second-order valence-electron chi connectivity index (χ2n) is 12.0. The molecule has 6 atom stereocenters. The normalized spacial score (nSPS) is 14.0. The largest absolute Gasteiger partial charge is 0.462 e. The molecule has 2 rings (SSSR count). The van der Waals surface area contributed by atoms with Crippen LogP contribution in [-0.4, -0.2) is 97.8 Å². The van der Waals surface area contributed by atoms with Crippen LogP contribution in [0.2, 0.25) is 0 Å². The molecule has 0 fully saturated rings. The molecule has 0 bridgehead atoms. The molecule has 0 aliphatic rings. The van der Waals surface area contributed by atoms with Crippen molar-refractivity contribution in [3.8, 4) is 0 Å². The van der Waals surface area contributed by atoms with Crippen LogP contribution in [-0.2, 0) is 71.5 Å². The molecule has 20 nitrogen and oxygen atoms in total. The standard InChI is InChI=1S/C36H45NO19/c1-11-47-36(46)26-13-28(50-17(26)3)31(53-21(7)41)33(55-23(9)43)29(51-19(5)39)14-37-35(45)25-12-27(49-16(25)2)32(54-22(8)42)34(56-24(10)44)30(52-20(6)40)15-48-18(4)38/h12-13,29-34H,11,14-15H2,1-10H3,(H,37,45)/t29-,30-,31-,32-,33-,34-/m1/s1. The molecule has 0 saturated carbocycles. The van der Waals surface area contributed by atoms with Gasteiger partial charge in [-0.05, 0) is 32.9 Å². The third-order valence-corrected chi connectivity index (χ3v) is 7.24. The molecule has 56 heavy (non-hydrogen) atoms. The molecule has 0 spiro atoms. The van der Waals surface area contributed by atoms with Crippen LogP contribution in [0.1, 0.15) is 111 Å². The number of amides is 1. The topological polar surface area (TPSA) is 266 Å². The van der Waals surface area contributed by atoms with Gasteiger partial charge >= 0.3 is 47.8 Å². The number of nitrogens with one attached hydrogen (secondary N) is 1. The van der Waals surface area contributed by atoms with Gasteiger partial charge < -0.3 is 52.0 Å². The number of rotatable bonds is 19. The lowest BCUT2D eigenvalue weighted by molar-refractivity contribution is -0.191. The van der Waals surface area contributed by atoms with Crippen molar-refractivity contribution in [2.24, 2.45) is 0 Å². The van der Waals surface area contributed by atoms with E-state index >= 15 is 0 Å². The van der Waals surface area contributed by atoms with Crippen molar-refractivity contribution in [2.45, 2.75) is 106 Å². The van der Waals surface area contributed by atoms with E-state index in [1.54, 1.807) is 6.92 Å². The summed E-state index contributed by atoms with van der Waals surface area (Å²) in [6.45, 7) is 10.4. The van der Waals surface area contributed by atoms with Crippen molar-refractivity contribution < 1.29 is 89.9 Å². The highest BCUT2D eigenvalue weighted by Crippen LogP contribution is 2.33. The first-order valence-corrected chi connectivity index (χ1v) is 17.0. The second-order valence-corrected chi connectivity index (χ2v) is 12.0. The Morgan fingerprint density at radius 1 is 0.554 bits per heavy atom. The molecule has 0 radical (unpaired) electrons. The smallest absolute Gasteiger partial charge is 0.341 e. The number of hydrogen-bond donors (Lipinski definition) is 1. The first-order valence-electron chi connectivity index (χ1n) is 17.0. The lowest BCUT2D eigenvalue weighted by atomic mass is 10.0. The lowest BCUT2D eigenvalue weighted by Crippen LogP contribution is -2.47. The van der Waals surface area contributed by atoms with Crippen LogP contribution in [0.5, 0.6) is 0 Å². The SMILES string of the molecule is CCOC(=O)c1cc([C@@H](OC(C)=O)[C@H](OC(C)=O)[C@@H](CNC(=O)c2cc([C@@H](OC(C)=O)[C@H](OC(C)=O)[C@@H](COC(C)=O)OC(C)=O)oc2C)OC(C)=O)oc1C. The van der Waals surface area contributed by atoms with E-state index in [2.05, 4.69) is 5.32 Å². The van der Waals surface area contributed by atoms with Gasteiger partial charge in [0, 0.05) is 48.5 Å². The van der Waals surface area contributed by atoms with Gasteiger partial charge in [0.25, 0.3) is 5.91 Å². The van der Waals surface area contributed by atoms with E-state index in [1.165, 1.54) is 19.9 Å². The average molecular weight is 796 g/mol. The maximum absolute atomic E-state index is 13.7. The Morgan fingerprint density at radius 2 is 0.964 bits per heavy atom. The summed E-state index contributed by atoms with van der Waals surface area (Å²) in [6, 6.07) is 2.33. The van der Waals surface area contributed by atoms with Crippen molar-refractivity contribution >= 4 is 53.7 Å². The van der Waals surface area contributed by atoms with E-state index in [1.807, 2.05) is 0 Å². The molecule has 0 aliphatic heterocycles. The summed E-state index contributed by atoms with van der Waals surface area (Å²) < 4.78 is 53.8. The van der Waals surface area contributed by atoms with Crippen LogP contribution in [0.4, 0.5) is 0 Å². The summed E-state index contributed by atoms with van der Waals surface area (Å²) in [5.74, 6) is -8.29. The molecule has 1 amide bonds. The summed E-state index contributed by atoms with van der Waals surface area (Å²) in [5.41, 5.74) is -0.219. The van der Waals surface area contributed by atoms with Gasteiger partial charge in [-0.25, -0.2) is 4.79 Å². The van der Waals surface area contributed by atoms with Gasteiger partial charge in [0.15, 0.2) is 36.6 Å². The predicted octanol–water partition coefficient (Wildman–Crippen LogP) is 2.59. The fourth-order valence-corrected chi connectivity index (χ4v) is 5.24. The molecule has 2 aromatic heterocycles. The highest BCUT2D eigenvalue weighted by atomic mass is 16.6. The summed E-state index contributed by atoms with van der Waals surface area (Å²) in [7, 11) is 0. The number of ether oxygens (including phenoxy) is 8. The third-order valence-electron chi connectivity index (χ3n) is 7.24. The predicted molar refractivity (Wildman–Crippen MR) is 183 cm³/mol. The van der Waals surface area contributed by atoms with Crippen LogP contribution in [0.15, 0.2) is 21.0 Å². The molecule has 0 saturated heterocycles. The Morgan fingerprint density at radius 3 is 1.39 bits per heavy atom. The number of hydrogen-bond acceptors (Lipinski definition) is 19. The van der Waals surface area contributed by atoms with Gasteiger partial charge in [-0.2, -0.15) is 0 Å². The van der Waals surface area contributed by atoms with Gasteiger partial charge in [-0.15, -0.1) is 0 Å². The van der Waals surface area contributed by atoms with Crippen LogP contribution < -0.4 is 5.32 Å². The van der Waals surface area contributed by atoms with E-state index in [-0.39, 0.29) is 40.8 Å². The van der Waals surface area contributed by atoms with E-state index in [0.29, 0.717) is 0 Å². The number of carbonyl (C=O) groups is 9. The first kappa shape index (κ1) is 45.9. The zero-order chi connectivity index (χ0) is 42.4. The van der Waals surface area contributed by atoms with Gasteiger partial charge in [-0.1, -0.05) is 0 Å². The maximum atomic E-state index is 13.7. The zero-order valence-corrected chi connectivity index (χ0v) is 32.5. The number of aryl methyl sites for hydroxylation is 2. The van der Waals surface area contributed by atoms with Crippen LogP contribution in [0, 0.1) is 13.8 Å². The summed E-state index contributed by atoms with van der Waals surface area (Å²) in [4.78, 5) is 111. The molecular weight excluding hydrogens is 750 g/mol. The van der Waals surface area contributed by atoms with E-state index in [0.717, 1.165) is 54.5 Å². The Kier molecular flexibility index (Phi) is 17.3. The minimum absolute atomic E-state index is 0.0299. The highest BCUT2D eigenvalue weighted by Gasteiger charge is 2.43. The summed E-state index contributed by atoms with van der Waals surface area (Å²) in [5, 5.41) is 2.51. The van der Waals surface area contributed by atoms with E-state index in [4.69, 9.17) is 46.7 Å². The number of furan rings is 2. The van der Waals surface area contributed by atoms with Gasteiger partial charge in [-0.3, -0.25) is 38.4 Å². The molecule has 1 N–H and O–H groups in total. The first-order chi connectivity index (χ1) is 26.1. The van der Waals surface area contributed by atoms with Crippen LogP contribution >= 0.6 is 0 Å². The van der Waals surface area contributed by atoms with Crippen molar-refractivity contribution in [3.05, 3.63) is 46.3 Å². The summed E-state index contributed by atoms with van der Waals surface area (Å²) in [6.07, 6.45) is -9.71. The van der Waals surface area contributed by atoms with E-state index in [9.17, 15) is 43.2 Å². The fourth-order valence-electron chi connectivity index (χ4n) is 5.24. The third kappa shape index (κ3) is 13.9. The molecule has 308 valence electrons. The Hall–Kier alpha value is -6.21. The van der Waals surface area contributed by atoms with Crippen molar-refractivity contribution in [2.75, 3.05) is 19.8 Å². The molecule has 0 unspecified atom stereocenters. The average Bonchev–Trinajstić information content (AvgIpc) is 3.66. The van der Waals surface area contributed by atoms with Gasteiger partial charge in [0.05, 0.1) is 18.7 Å². The maximum Gasteiger partial charge on any atom is 0.341 e. The number of esters is 8. The molecule has 0 aromatic carbocycles. The quantitative estimate of drug-likeness (QED) is 0.158. The highest BCUT2D eigenvalue weighted by molar-refractivity contribution is 5.95. The van der Waals surface area contributed by atoms with Crippen LogP contribution in [0.25, 0.3) is 0 Å².